The maximum absolute atomic E-state index is 12.1. The average Bonchev–Trinajstić information content (AvgIpc) is 2.37. The lowest BCUT2D eigenvalue weighted by atomic mass is 9.81. The van der Waals surface area contributed by atoms with E-state index < -0.39 is 0 Å². The second-order valence-corrected chi connectivity index (χ2v) is 7.13. The zero-order valence-corrected chi connectivity index (χ0v) is 13.1. The summed E-state index contributed by atoms with van der Waals surface area (Å²) < 4.78 is 1.08. The van der Waals surface area contributed by atoms with Crippen LogP contribution in [0.5, 0.6) is 0 Å². The lowest BCUT2D eigenvalue weighted by Gasteiger charge is -2.24. The number of thioether (sulfide) groups is 1. The summed E-state index contributed by atoms with van der Waals surface area (Å²) in [5, 5.41) is 0. The normalized spacial score (nSPS) is 23.9. The Bertz CT molecular complexity index is 411. The zero-order chi connectivity index (χ0) is 13.0. The molecule has 2 rings (SSSR count). The summed E-state index contributed by atoms with van der Waals surface area (Å²) in [7, 11) is 0. The zero-order valence-electron chi connectivity index (χ0n) is 10.7. The van der Waals surface area contributed by atoms with Gasteiger partial charge in [-0.05, 0) is 37.0 Å². The van der Waals surface area contributed by atoms with Gasteiger partial charge in [0.2, 0.25) is 0 Å². The van der Waals surface area contributed by atoms with Gasteiger partial charge in [0.05, 0.1) is 5.75 Å². The molecule has 0 N–H and O–H groups in total. The van der Waals surface area contributed by atoms with Crippen LogP contribution in [0, 0.1) is 11.8 Å². The first kappa shape index (κ1) is 14.1. The van der Waals surface area contributed by atoms with Crippen LogP contribution in [0.2, 0.25) is 0 Å². The molecule has 3 heteroatoms. The molecule has 18 heavy (non-hydrogen) atoms. The lowest BCUT2D eigenvalue weighted by Crippen LogP contribution is -2.22. The van der Waals surface area contributed by atoms with E-state index in [2.05, 4.69) is 35.0 Å². The molecular formula is C15H19BrOS. The third-order valence-corrected chi connectivity index (χ3v) is 5.16. The molecule has 0 saturated heterocycles. The number of halogens is 1. The van der Waals surface area contributed by atoms with Crippen LogP contribution in [-0.2, 0) is 4.79 Å². The highest BCUT2D eigenvalue weighted by Crippen LogP contribution is 2.30. The monoisotopic (exact) mass is 326 g/mol. The van der Waals surface area contributed by atoms with Crippen LogP contribution < -0.4 is 0 Å². The van der Waals surface area contributed by atoms with E-state index in [1.807, 2.05) is 12.1 Å². The second kappa shape index (κ2) is 6.76. The van der Waals surface area contributed by atoms with E-state index in [1.165, 1.54) is 17.7 Å². The number of Topliss-reactive ketones (excluding diaryl/α,β-unsaturated/α-hetero) is 1. The van der Waals surface area contributed by atoms with Crippen LogP contribution in [0.1, 0.15) is 32.6 Å². The van der Waals surface area contributed by atoms with Crippen LogP contribution in [0.25, 0.3) is 0 Å². The van der Waals surface area contributed by atoms with Crippen molar-refractivity contribution in [3.63, 3.8) is 0 Å². The quantitative estimate of drug-likeness (QED) is 0.729. The molecule has 0 atom stereocenters. The van der Waals surface area contributed by atoms with Gasteiger partial charge in [0.15, 0.2) is 0 Å². The molecule has 0 aromatic heterocycles. The van der Waals surface area contributed by atoms with Crippen LogP contribution in [-0.4, -0.2) is 11.5 Å². The number of rotatable bonds is 4. The van der Waals surface area contributed by atoms with Gasteiger partial charge in [0.1, 0.15) is 5.78 Å². The molecule has 1 aliphatic rings. The molecule has 0 heterocycles. The molecule has 0 unspecified atom stereocenters. The number of benzene rings is 1. The summed E-state index contributed by atoms with van der Waals surface area (Å²) in [6.07, 6.45) is 4.63. The van der Waals surface area contributed by atoms with Gasteiger partial charge in [-0.3, -0.25) is 4.79 Å². The summed E-state index contributed by atoms with van der Waals surface area (Å²) in [4.78, 5) is 13.3. The van der Waals surface area contributed by atoms with Crippen molar-refractivity contribution in [2.45, 2.75) is 37.5 Å². The molecule has 0 bridgehead atoms. The number of hydrogen-bond donors (Lipinski definition) is 0. The minimum atomic E-state index is 0.320. The summed E-state index contributed by atoms with van der Waals surface area (Å²) >= 11 is 5.11. The van der Waals surface area contributed by atoms with Crippen molar-refractivity contribution in [1.82, 2.24) is 0 Å². The highest BCUT2D eigenvalue weighted by molar-refractivity contribution is 9.10. The van der Waals surface area contributed by atoms with E-state index in [0.717, 1.165) is 23.2 Å². The molecule has 98 valence electrons. The Morgan fingerprint density at radius 2 is 2.06 bits per heavy atom. The predicted octanol–water partition coefficient (Wildman–Crippen LogP) is 4.94. The Hall–Kier alpha value is -0.280. The second-order valence-electron chi connectivity index (χ2n) is 5.17. The van der Waals surface area contributed by atoms with E-state index in [9.17, 15) is 4.79 Å². The van der Waals surface area contributed by atoms with Crippen LogP contribution in [0.3, 0.4) is 0 Å². The van der Waals surface area contributed by atoms with Crippen LogP contribution in [0.4, 0.5) is 0 Å². The van der Waals surface area contributed by atoms with Gasteiger partial charge < -0.3 is 0 Å². The molecule has 1 fully saturated rings. The van der Waals surface area contributed by atoms with Crippen molar-refractivity contribution in [3.8, 4) is 0 Å². The molecule has 1 aromatic carbocycles. The molecule has 1 nitrogen and oxygen atoms in total. The number of ketones is 1. The van der Waals surface area contributed by atoms with Gasteiger partial charge in [-0.15, -0.1) is 11.8 Å². The predicted molar refractivity (Wildman–Crippen MR) is 81.0 cm³/mol. The van der Waals surface area contributed by atoms with Crippen molar-refractivity contribution < 1.29 is 4.79 Å². The van der Waals surface area contributed by atoms with E-state index >= 15 is 0 Å². The summed E-state index contributed by atoms with van der Waals surface area (Å²) in [6, 6.07) is 8.15. The highest BCUT2D eigenvalue weighted by atomic mass is 79.9. The minimum Gasteiger partial charge on any atom is -0.298 e. The van der Waals surface area contributed by atoms with Gasteiger partial charge in [0, 0.05) is 15.3 Å². The molecule has 1 aliphatic carbocycles. The molecule has 1 saturated carbocycles. The molecule has 1 aromatic rings. The topological polar surface area (TPSA) is 17.1 Å². The van der Waals surface area contributed by atoms with Gasteiger partial charge in [-0.2, -0.15) is 0 Å². The first-order valence-electron chi connectivity index (χ1n) is 6.56. The fourth-order valence-corrected chi connectivity index (χ4v) is 3.89. The van der Waals surface area contributed by atoms with Crippen molar-refractivity contribution in [2.24, 2.45) is 11.8 Å². The van der Waals surface area contributed by atoms with E-state index in [-0.39, 0.29) is 0 Å². The van der Waals surface area contributed by atoms with Crippen LogP contribution >= 0.6 is 27.7 Å². The first-order valence-corrected chi connectivity index (χ1v) is 8.34. The van der Waals surface area contributed by atoms with Crippen molar-refractivity contribution in [1.29, 1.82) is 0 Å². The summed E-state index contributed by atoms with van der Waals surface area (Å²) in [5.74, 6) is 2.19. The Balaban J connectivity index is 1.81. The van der Waals surface area contributed by atoms with Crippen LogP contribution in [0.15, 0.2) is 33.6 Å². The molecule has 0 radical (unpaired) electrons. The Kier molecular flexibility index (Phi) is 5.31. The lowest BCUT2D eigenvalue weighted by molar-refractivity contribution is -0.121. The SMILES string of the molecule is CC1CCC(C(=O)CSc2cccc(Br)c2)CC1. The van der Waals surface area contributed by atoms with E-state index in [1.54, 1.807) is 11.8 Å². The minimum absolute atomic E-state index is 0.320. The first-order chi connectivity index (χ1) is 8.65. The highest BCUT2D eigenvalue weighted by Gasteiger charge is 2.23. The van der Waals surface area contributed by atoms with Gasteiger partial charge in [-0.1, -0.05) is 41.8 Å². The number of carbonyl (C=O) groups is 1. The third-order valence-electron chi connectivity index (χ3n) is 3.65. The van der Waals surface area contributed by atoms with Crippen molar-refractivity contribution in [3.05, 3.63) is 28.7 Å². The number of hydrogen-bond acceptors (Lipinski definition) is 2. The Labute approximate surface area is 122 Å². The summed E-state index contributed by atoms with van der Waals surface area (Å²) in [6.45, 7) is 2.29. The standard InChI is InChI=1S/C15H19BrOS/c1-11-5-7-12(8-6-11)15(17)10-18-14-4-2-3-13(16)9-14/h2-4,9,11-12H,5-8,10H2,1H3. The molecule has 0 aliphatic heterocycles. The average molecular weight is 327 g/mol. The van der Waals surface area contributed by atoms with Gasteiger partial charge in [0.25, 0.3) is 0 Å². The molecule has 0 amide bonds. The molecule has 0 spiro atoms. The van der Waals surface area contributed by atoms with E-state index in [4.69, 9.17) is 0 Å². The van der Waals surface area contributed by atoms with Crippen molar-refractivity contribution in [2.75, 3.05) is 5.75 Å². The fraction of sp³-hybridized carbons (Fsp3) is 0.533. The maximum atomic E-state index is 12.1. The Morgan fingerprint density at radius 3 is 2.72 bits per heavy atom. The summed E-state index contributed by atoms with van der Waals surface area (Å²) in [5.41, 5.74) is 0. The van der Waals surface area contributed by atoms with Gasteiger partial charge in [-0.25, -0.2) is 0 Å². The molecular weight excluding hydrogens is 308 g/mol. The maximum Gasteiger partial charge on any atom is 0.146 e. The van der Waals surface area contributed by atoms with Crippen molar-refractivity contribution >= 4 is 33.5 Å². The smallest absolute Gasteiger partial charge is 0.146 e. The third kappa shape index (κ3) is 4.13. The number of carbonyl (C=O) groups excluding carboxylic acids is 1. The van der Waals surface area contributed by atoms with Gasteiger partial charge >= 0.3 is 0 Å². The van der Waals surface area contributed by atoms with E-state index in [0.29, 0.717) is 17.5 Å². The Morgan fingerprint density at radius 1 is 1.33 bits per heavy atom. The fourth-order valence-electron chi connectivity index (χ4n) is 2.41. The largest absolute Gasteiger partial charge is 0.298 e.